The summed E-state index contributed by atoms with van der Waals surface area (Å²) in [6.07, 6.45) is 7.83. The van der Waals surface area contributed by atoms with Gasteiger partial charge in [-0.3, -0.25) is 4.99 Å². The molecule has 0 bridgehead atoms. The zero-order valence-electron chi connectivity index (χ0n) is 17.5. The van der Waals surface area contributed by atoms with E-state index in [0.29, 0.717) is 0 Å². The highest BCUT2D eigenvalue weighted by atomic mass is 32.2. The van der Waals surface area contributed by atoms with Crippen LogP contribution in [0.3, 0.4) is 0 Å². The Hall–Kier alpha value is -1.20. The van der Waals surface area contributed by atoms with Crippen LogP contribution in [0.1, 0.15) is 38.5 Å². The highest BCUT2D eigenvalue weighted by molar-refractivity contribution is 7.99. The SMILES string of the molecule is CN=C(NCCCCCCCN(C)C)N1CCC(CSc2ccccc2)C1. The van der Waals surface area contributed by atoms with Crippen LogP contribution in [0, 0.1) is 5.92 Å². The van der Waals surface area contributed by atoms with Crippen molar-refractivity contribution in [1.29, 1.82) is 0 Å². The lowest BCUT2D eigenvalue weighted by Crippen LogP contribution is -2.40. The Bertz CT molecular complexity index is 532. The van der Waals surface area contributed by atoms with Crippen LogP contribution in [-0.4, -0.2) is 68.8 Å². The van der Waals surface area contributed by atoms with Gasteiger partial charge in [-0.25, -0.2) is 0 Å². The van der Waals surface area contributed by atoms with Crippen molar-refractivity contribution in [2.24, 2.45) is 10.9 Å². The van der Waals surface area contributed by atoms with Crippen LogP contribution in [0.2, 0.25) is 0 Å². The van der Waals surface area contributed by atoms with Gasteiger partial charge >= 0.3 is 0 Å². The lowest BCUT2D eigenvalue weighted by Gasteiger charge is -2.21. The van der Waals surface area contributed by atoms with Gasteiger partial charge in [0.15, 0.2) is 5.96 Å². The number of thioether (sulfide) groups is 1. The molecule has 0 aromatic heterocycles. The molecule has 2 rings (SSSR count). The highest BCUT2D eigenvalue weighted by Gasteiger charge is 2.24. The number of guanidine groups is 1. The van der Waals surface area contributed by atoms with Crippen LogP contribution in [0.15, 0.2) is 40.2 Å². The van der Waals surface area contributed by atoms with Crippen LogP contribution < -0.4 is 5.32 Å². The molecule has 0 amide bonds. The van der Waals surface area contributed by atoms with Crippen molar-refractivity contribution in [3.63, 3.8) is 0 Å². The maximum absolute atomic E-state index is 4.51. The fourth-order valence-electron chi connectivity index (χ4n) is 3.51. The molecule has 1 unspecified atom stereocenters. The molecule has 1 aliphatic rings. The number of hydrogen-bond acceptors (Lipinski definition) is 3. The number of rotatable bonds is 11. The molecule has 1 aromatic carbocycles. The minimum Gasteiger partial charge on any atom is -0.356 e. The summed E-state index contributed by atoms with van der Waals surface area (Å²) in [7, 11) is 6.22. The fraction of sp³-hybridized carbons (Fsp3) is 0.682. The van der Waals surface area contributed by atoms with Gasteiger partial charge in [0.25, 0.3) is 0 Å². The standard InChI is InChI=1S/C22H38N4S/c1-23-22(24-15-10-5-4-6-11-16-25(2)3)26-17-14-20(18-26)19-27-21-12-8-7-9-13-21/h7-9,12-13,20H,4-6,10-11,14-19H2,1-3H3,(H,23,24). The van der Waals surface area contributed by atoms with Crippen LogP contribution >= 0.6 is 11.8 Å². The van der Waals surface area contributed by atoms with E-state index in [-0.39, 0.29) is 0 Å². The molecule has 1 heterocycles. The highest BCUT2D eigenvalue weighted by Crippen LogP contribution is 2.25. The normalized spacial score (nSPS) is 17.7. The molecule has 1 fully saturated rings. The molecule has 1 aliphatic heterocycles. The van der Waals surface area contributed by atoms with E-state index in [9.17, 15) is 0 Å². The van der Waals surface area contributed by atoms with Crippen LogP contribution in [0.4, 0.5) is 0 Å². The molecular formula is C22H38N4S. The molecule has 1 atom stereocenters. The molecule has 1 N–H and O–H groups in total. The number of hydrogen-bond donors (Lipinski definition) is 1. The average molecular weight is 391 g/mol. The molecule has 0 radical (unpaired) electrons. The Labute approximate surface area is 170 Å². The maximum Gasteiger partial charge on any atom is 0.193 e. The molecule has 152 valence electrons. The number of benzene rings is 1. The van der Waals surface area contributed by atoms with Gasteiger partial charge in [-0.15, -0.1) is 11.8 Å². The Morgan fingerprint density at radius 1 is 1.15 bits per heavy atom. The largest absolute Gasteiger partial charge is 0.356 e. The summed E-state index contributed by atoms with van der Waals surface area (Å²) in [6.45, 7) is 4.51. The first-order valence-electron chi connectivity index (χ1n) is 10.5. The van der Waals surface area contributed by atoms with Gasteiger partial charge in [-0.2, -0.15) is 0 Å². The summed E-state index contributed by atoms with van der Waals surface area (Å²) in [6, 6.07) is 10.7. The van der Waals surface area contributed by atoms with Gasteiger partial charge in [0.05, 0.1) is 0 Å². The second-order valence-corrected chi connectivity index (χ2v) is 8.86. The van der Waals surface area contributed by atoms with Crippen LogP contribution in [0.5, 0.6) is 0 Å². The molecule has 1 saturated heterocycles. The smallest absolute Gasteiger partial charge is 0.193 e. The number of nitrogens with one attached hydrogen (secondary N) is 1. The van der Waals surface area contributed by atoms with Crippen molar-refractivity contribution in [3.8, 4) is 0 Å². The first-order valence-corrected chi connectivity index (χ1v) is 11.5. The first kappa shape index (κ1) is 22.1. The topological polar surface area (TPSA) is 30.9 Å². The van der Waals surface area contributed by atoms with Gasteiger partial charge in [0.2, 0.25) is 0 Å². The monoisotopic (exact) mass is 390 g/mol. The quantitative estimate of drug-likeness (QED) is 0.266. The van der Waals surface area contributed by atoms with E-state index < -0.39 is 0 Å². The van der Waals surface area contributed by atoms with E-state index in [2.05, 4.69) is 64.5 Å². The van der Waals surface area contributed by atoms with Crippen molar-refractivity contribution in [2.75, 3.05) is 53.1 Å². The van der Waals surface area contributed by atoms with E-state index >= 15 is 0 Å². The Kier molecular flexibility index (Phi) is 10.7. The summed E-state index contributed by atoms with van der Waals surface area (Å²) >= 11 is 1.98. The first-order chi connectivity index (χ1) is 13.2. The van der Waals surface area contributed by atoms with Crippen molar-refractivity contribution < 1.29 is 0 Å². The molecule has 5 heteroatoms. The molecule has 0 saturated carbocycles. The van der Waals surface area contributed by atoms with E-state index in [4.69, 9.17) is 0 Å². The second-order valence-electron chi connectivity index (χ2n) is 7.77. The third-order valence-corrected chi connectivity index (χ3v) is 6.33. The summed E-state index contributed by atoms with van der Waals surface area (Å²) in [5, 5.41) is 3.58. The lowest BCUT2D eigenvalue weighted by molar-refractivity contribution is 0.389. The second kappa shape index (κ2) is 13.1. The number of aliphatic imine (C=N–C) groups is 1. The molecule has 27 heavy (non-hydrogen) atoms. The van der Waals surface area contributed by atoms with Crippen molar-refractivity contribution in [1.82, 2.24) is 15.1 Å². The van der Waals surface area contributed by atoms with E-state index in [1.54, 1.807) is 0 Å². The fourth-order valence-corrected chi connectivity index (χ4v) is 4.56. The summed E-state index contributed by atoms with van der Waals surface area (Å²) < 4.78 is 0. The van der Waals surface area contributed by atoms with Crippen LogP contribution in [-0.2, 0) is 0 Å². The third kappa shape index (κ3) is 9.02. The summed E-state index contributed by atoms with van der Waals surface area (Å²) in [5.74, 6) is 3.05. The van der Waals surface area contributed by atoms with Crippen molar-refractivity contribution in [3.05, 3.63) is 30.3 Å². The molecule has 0 spiro atoms. The van der Waals surface area contributed by atoms with Crippen LogP contribution in [0.25, 0.3) is 0 Å². The maximum atomic E-state index is 4.51. The zero-order valence-corrected chi connectivity index (χ0v) is 18.3. The van der Waals surface area contributed by atoms with Crippen molar-refractivity contribution in [2.45, 2.75) is 43.4 Å². The third-order valence-electron chi connectivity index (χ3n) is 5.09. The van der Waals surface area contributed by atoms with E-state index in [0.717, 1.165) is 31.5 Å². The minimum absolute atomic E-state index is 0.755. The average Bonchev–Trinajstić information content (AvgIpc) is 3.14. The minimum atomic E-state index is 0.755. The van der Waals surface area contributed by atoms with Gasteiger partial charge in [-0.05, 0) is 58.0 Å². The molecule has 1 aromatic rings. The Morgan fingerprint density at radius 3 is 2.63 bits per heavy atom. The Balaban J connectivity index is 1.56. The molecule has 0 aliphatic carbocycles. The van der Waals surface area contributed by atoms with Gasteiger partial charge in [0.1, 0.15) is 0 Å². The van der Waals surface area contributed by atoms with Crippen molar-refractivity contribution >= 4 is 17.7 Å². The van der Waals surface area contributed by atoms with Gasteiger partial charge in [-0.1, -0.05) is 37.5 Å². The van der Waals surface area contributed by atoms with E-state index in [1.807, 2.05) is 18.8 Å². The predicted molar refractivity (Wildman–Crippen MR) is 120 cm³/mol. The zero-order chi connectivity index (χ0) is 19.3. The number of likely N-dealkylation sites (tertiary alicyclic amines) is 1. The number of nitrogens with zero attached hydrogens (tertiary/aromatic N) is 3. The molecule has 4 nitrogen and oxygen atoms in total. The predicted octanol–water partition coefficient (Wildman–Crippen LogP) is 4.19. The summed E-state index contributed by atoms with van der Waals surface area (Å²) in [4.78, 5) is 10.6. The summed E-state index contributed by atoms with van der Waals surface area (Å²) in [5.41, 5.74) is 0. The van der Waals surface area contributed by atoms with Gasteiger partial charge < -0.3 is 15.1 Å². The Morgan fingerprint density at radius 2 is 1.89 bits per heavy atom. The van der Waals surface area contributed by atoms with E-state index in [1.165, 1.54) is 55.7 Å². The number of unbranched alkanes of at least 4 members (excludes halogenated alkanes) is 4. The van der Waals surface area contributed by atoms with Gasteiger partial charge in [0, 0.05) is 37.3 Å². The lowest BCUT2D eigenvalue weighted by atomic mass is 10.1. The molecular weight excluding hydrogens is 352 g/mol.